The summed E-state index contributed by atoms with van der Waals surface area (Å²) in [7, 11) is 1.64. The van der Waals surface area contributed by atoms with E-state index in [9.17, 15) is 23.9 Å². The van der Waals surface area contributed by atoms with Crippen LogP contribution in [0.15, 0.2) is 71.9 Å². The fraction of sp³-hybridized carbons (Fsp3) is 0.415. The van der Waals surface area contributed by atoms with E-state index >= 15 is 0 Å². The molecule has 56 heavy (non-hydrogen) atoms. The summed E-state index contributed by atoms with van der Waals surface area (Å²) < 4.78 is 36.5. The molecule has 3 aromatic rings. The quantitative estimate of drug-likeness (QED) is 0.164. The number of carbonyl (C=O) groups excluding carboxylic acids is 2. The summed E-state index contributed by atoms with van der Waals surface area (Å²) in [6.45, 7) is 6.31. The molecule has 298 valence electrons. The Morgan fingerprint density at radius 2 is 1.61 bits per heavy atom. The zero-order chi connectivity index (χ0) is 39.4. The molecule has 13 nitrogen and oxygen atoms in total. The Bertz CT molecular complexity index is 1930. The number of halogens is 2. The third kappa shape index (κ3) is 10.2. The van der Waals surface area contributed by atoms with Crippen molar-refractivity contribution >= 4 is 46.4 Å². The first-order valence-electron chi connectivity index (χ1n) is 18.6. The molecule has 0 spiro atoms. The van der Waals surface area contributed by atoms with Gasteiger partial charge in [0.25, 0.3) is 11.8 Å². The van der Waals surface area contributed by atoms with Crippen LogP contribution in [0.3, 0.4) is 0 Å². The zero-order valence-corrected chi connectivity index (χ0v) is 32.0. The van der Waals surface area contributed by atoms with E-state index in [-0.39, 0.29) is 34.8 Å². The minimum Gasteiger partial charge on any atom is -0.478 e. The van der Waals surface area contributed by atoms with Crippen molar-refractivity contribution in [3.63, 3.8) is 0 Å². The highest BCUT2D eigenvalue weighted by atomic mass is 35.5. The van der Waals surface area contributed by atoms with Crippen molar-refractivity contribution in [2.75, 3.05) is 84.9 Å². The van der Waals surface area contributed by atoms with Gasteiger partial charge in [0.15, 0.2) is 5.82 Å². The Kier molecular flexibility index (Phi) is 14.6. The number of benzene rings is 3. The lowest BCUT2D eigenvalue weighted by atomic mass is 9.84. The number of oxime groups is 1. The summed E-state index contributed by atoms with van der Waals surface area (Å²) in [4.78, 5) is 49.2. The summed E-state index contributed by atoms with van der Waals surface area (Å²) in [6, 6.07) is 15.1. The number of carbonyl (C=O) groups is 3. The lowest BCUT2D eigenvalue weighted by Gasteiger charge is -2.38. The number of anilines is 1. The van der Waals surface area contributed by atoms with Gasteiger partial charge in [0.05, 0.1) is 62.5 Å². The van der Waals surface area contributed by atoms with Gasteiger partial charge < -0.3 is 39.1 Å². The Morgan fingerprint density at radius 3 is 2.30 bits per heavy atom. The SMILES string of the molecule is COCCOCCOCCOCCN1CC=C(c2cccc3c2CCN(C(=O)[C@H]2CC(c4cccc(Cl)c4F)=NO2)[C@@H]3C(=O)Nc2ccc(C(=O)O)cc2)CC1. The molecular formula is C41H46ClFN4O9. The zero-order valence-electron chi connectivity index (χ0n) is 31.2. The van der Waals surface area contributed by atoms with Gasteiger partial charge in [-0.2, -0.15) is 0 Å². The van der Waals surface area contributed by atoms with Crippen molar-refractivity contribution in [3.8, 4) is 0 Å². The number of ether oxygens (including phenoxy) is 4. The Labute approximate surface area is 329 Å². The standard InChI is InChI=1S/C41H46ClFN4O9/c1-52-20-21-54-24-25-55-23-22-53-19-18-46-15-12-27(13-16-46)30-4-2-5-32-31(30)14-17-47(38(32)39(48)44-29-10-8-28(9-11-29)41(50)51)40(49)36-26-35(45-56-36)33-6-3-7-34(42)37(33)43/h2-12,36,38H,13-26H2,1H3,(H,44,48)(H,50,51)/t36-,38+/m1/s1. The number of rotatable bonds is 18. The van der Waals surface area contributed by atoms with Crippen LogP contribution in [0, 0.1) is 5.82 Å². The number of amides is 2. The molecule has 0 aromatic heterocycles. The Balaban J connectivity index is 1.12. The maximum Gasteiger partial charge on any atom is 0.335 e. The molecule has 3 aliphatic rings. The summed E-state index contributed by atoms with van der Waals surface area (Å²) in [5.74, 6) is -2.67. The number of nitrogens with zero attached hydrogens (tertiary/aromatic N) is 3. The Morgan fingerprint density at radius 1 is 0.911 bits per heavy atom. The van der Waals surface area contributed by atoms with Gasteiger partial charge in [-0.15, -0.1) is 0 Å². The van der Waals surface area contributed by atoms with Crippen LogP contribution < -0.4 is 5.32 Å². The van der Waals surface area contributed by atoms with Crippen LogP contribution in [-0.2, 0) is 39.8 Å². The highest BCUT2D eigenvalue weighted by Gasteiger charge is 2.42. The number of aromatic carboxylic acids is 1. The van der Waals surface area contributed by atoms with Crippen LogP contribution >= 0.6 is 11.6 Å². The van der Waals surface area contributed by atoms with Gasteiger partial charge >= 0.3 is 5.97 Å². The second-order valence-corrected chi connectivity index (χ2v) is 13.9. The number of carboxylic acid groups (broad SMARTS) is 1. The average Bonchev–Trinajstić information content (AvgIpc) is 3.70. The van der Waals surface area contributed by atoms with Gasteiger partial charge in [-0.1, -0.05) is 47.1 Å². The second kappa shape index (κ2) is 19.9. The number of carboxylic acids is 1. The molecule has 3 heterocycles. The van der Waals surface area contributed by atoms with Crippen molar-refractivity contribution in [1.82, 2.24) is 9.80 Å². The Hall–Kier alpha value is -4.70. The number of fused-ring (bicyclic) bond motifs is 1. The molecule has 0 bridgehead atoms. The molecule has 0 saturated heterocycles. The largest absolute Gasteiger partial charge is 0.478 e. The fourth-order valence-corrected chi connectivity index (χ4v) is 7.19. The molecule has 0 aliphatic carbocycles. The van der Waals surface area contributed by atoms with Crippen LogP contribution in [0.5, 0.6) is 0 Å². The van der Waals surface area contributed by atoms with E-state index in [1.807, 2.05) is 12.1 Å². The summed E-state index contributed by atoms with van der Waals surface area (Å²) in [5, 5.41) is 16.2. The van der Waals surface area contributed by atoms with E-state index in [0.29, 0.717) is 63.9 Å². The van der Waals surface area contributed by atoms with Crippen LogP contribution in [0.2, 0.25) is 5.02 Å². The number of methoxy groups -OCH3 is 1. The normalized spacial score (nSPS) is 18.2. The van der Waals surface area contributed by atoms with Crippen molar-refractivity contribution in [2.24, 2.45) is 5.16 Å². The van der Waals surface area contributed by atoms with Crippen LogP contribution in [0.1, 0.15) is 51.5 Å². The second-order valence-electron chi connectivity index (χ2n) is 13.5. The molecule has 0 saturated carbocycles. The summed E-state index contributed by atoms with van der Waals surface area (Å²) >= 11 is 6.00. The molecule has 0 fully saturated rings. The molecule has 2 atom stereocenters. The van der Waals surface area contributed by atoms with E-state index in [4.69, 9.17) is 35.4 Å². The molecule has 3 aromatic carbocycles. The highest BCUT2D eigenvalue weighted by molar-refractivity contribution is 6.31. The van der Waals surface area contributed by atoms with E-state index in [1.54, 1.807) is 13.2 Å². The van der Waals surface area contributed by atoms with Gasteiger partial charge in [-0.3, -0.25) is 14.5 Å². The van der Waals surface area contributed by atoms with E-state index < -0.39 is 35.7 Å². The van der Waals surface area contributed by atoms with Gasteiger partial charge in [0, 0.05) is 51.0 Å². The van der Waals surface area contributed by atoms with E-state index in [2.05, 4.69) is 27.5 Å². The highest BCUT2D eigenvalue weighted by Crippen LogP contribution is 2.38. The van der Waals surface area contributed by atoms with Gasteiger partial charge in [-0.05, 0) is 71.5 Å². The number of nitrogens with one attached hydrogen (secondary N) is 1. The van der Waals surface area contributed by atoms with Crippen molar-refractivity contribution in [1.29, 1.82) is 0 Å². The van der Waals surface area contributed by atoms with Crippen molar-refractivity contribution in [3.05, 3.63) is 105 Å². The van der Waals surface area contributed by atoms with Crippen LogP contribution in [0.4, 0.5) is 10.1 Å². The third-order valence-electron chi connectivity index (χ3n) is 9.93. The van der Waals surface area contributed by atoms with Gasteiger partial charge in [0.2, 0.25) is 6.10 Å². The molecule has 2 amide bonds. The van der Waals surface area contributed by atoms with Gasteiger partial charge in [0.1, 0.15) is 6.04 Å². The monoisotopic (exact) mass is 792 g/mol. The first-order chi connectivity index (χ1) is 27.2. The molecule has 6 rings (SSSR count). The minimum absolute atomic E-state index is 0.00217. The van der Waals surface area contributed by atoms with Gasteiger partial charge in [-0.25, -0.2) is 9.18 Å². The first-order valence-corrected chi connectivity index (χ1v) is 19.0. The maximum atomic E-state index is 14.8. The molecule has 15 heteroatoms. The van der Waals surface area contributed by atoms with Crippen molar-refractivity contribution in [2.45, 2.75) is 31.4 Å². The van der Waals surface area contributed by atoms with Crippen LogP contribution in [-0.4, -0.2) is 124 Å². The number of hydrogen-bond donors (Lipinski definition) is 2. The molecule has 0 radical (unpaired) electrons. The van der Waals surface area contributed by atoms with E-state index in [1.165, 1.54) is 46.9 Å². The lowest BCUT2D eigenvalue weighted by molar-refractivity contribution is -0.148. The minimum atomic E-state index is -1.09. The fourth-order valence-electron chi connectivity index (χ4n) is 7.01. The smallest absolute Gasteiger partial charge is 0.335 e. The summed E-state index contributed by atoms with van der Waals surface area (Å²) in [6.07, 6.45) is 2.43. The van der Waals surface area contributed by atoms with Crippen LogP contribution in [0.25, 0.3) is 5.57 Å². The number of hydrogen-bond acceptors (Lipinski definition) is 10. The third-order valence-corrected chi connectivity index (χ3v) is 10.2. The molecule has 2 N–H and O–H groups in total. The molecular weight excluding hydrogens is 747 g/mol. The predicted octanol–water partition coefficient (Wildman–Crippen LogP) is 5.22. The first kappa shape index (κ1) is 40.9. The van der Waals surface area contributed by atoms with Crippen molar-refractivity contribution < 1.29 is 47.7 Å². The van der Waals surface area contributed by atoms with E-state index in [0.717, 1.165) is 37.2 Å². The predicted molar refractivity (Wildman–Crippen MR) is 207 cm³/mol. The molecule has 0 unspecified atom stereocenters. The topological polar surface area (TPSA) is 148 Å². The summed E-state index contributed by atoms with van der Waals surface area (Å²) in [5.41, 5.74) is 4.72. The molecule has 3 aliphatic heterocycles. The average molecular weight is 793 g/mol. The lowest BCUT2D eigenvalue weighted by Crippen LogP contribution is -2.49. The maximum absolute atomic E-state index is 14.8.